The number of aromatic carboxylic acids is 1. The van der Waals surface area contributed by atoms with Gasteiger partial charge in [-0.2, -0.15) is 0 Å². The maximum absolute atomic E-state index is 13.2. The average molecular weight is 1040 g/mol. The van der Waals surface area contributed by atoms with Gasteiger partial charge in [-0.1, -0.05) is 48.5 Å². The first kappa shape index (κ1) is 45.1. The minimum Gasteiger partial charge on any atom is -0.497 e. The number of hydrogen-bond acceptors (Lipinski definition) is 10. The predicted octanol–water partition coefficient (Wildman–Crippen LogP) is 5.36. The number of rotatable bonds is 14. The van der Waals surface area contributed by atoms with Crippen LogP contribution in [0.4, 0.5) is 0 Å². The molecule has 0 radical (unpaired) electrons. The number of ether oxygens (including phenoxy) is 4. The molecule has 0 spiro atoms. The summed E-state index contributed by atoms with van der Waals surface area (Å²) in [5, 5.41) is 9.65. The van der Waals surface area contributed by atoms with E-state index in [0.29, 0.717) is 34.1 Å². The van der Waals surface area contributed by atoms with E-state index < -0.39 is 28.5 Å². The van der Waals surface area contributed by atoms with Crippen molar-refractivity contribution in [1.82, 2.24) is 18.3 Å². The van der Waals surface area contributed by atoms with Crippen LogP contribution in [0.1, 0.15) is 50.2 Å². The first-order chi connectivity index (χ1) is 28.7. The standard InChI is InChI=1S/C22H21IN2O5.C21H19IN2O6/c1-14(26)20-19(23)21(27)25(13-16-6-10-18(30-3)11-7-16)22(28)24(20)12-15-4-8-17(29-2)9-5-15;1-29-15-7-3-13(4-8-15)11-23-18(20(26)27)17(22)19(25)24(21(23)28)12-14-5-9-16(30-2)10-6-14/h4-11H,12-13H2,1-3H3;3-10H,11-12H2,1-2H3,(H,26,27). The lowest BCUT2D eigenvalue weighted by atomic mass is 10.2. The molecule has 0 fully saturated rings. The quantitative estimate of drug-likeness (QED) is 0.110. The molecule has 0 unspecified atom stereocenters. The van der Waals surface area contributed by atoms with Crippen LogP contribution in [0.15, 0.2) is 116 Å². The van der Waals surface area contributed by atoms with Crippen LogP contribution in [0, 0.1) is 7.14 Å². The Kier molecular flexibility index (Phi) is 15.3. The van der Waals surface area contributed by atoms with Crippen molar-refractivity contribution in [3.63, 3.8) is 0 Å². The first-order valence-corrected chi connectivity index (χ1v) is 20.2. The number of hydrogen-bond donors (Lipinski definition) is 1. The summed E-state index contributed by atoms with van der Waals surface area (Å²) in [4.78, 5) is 76.1. The molecule has 6 rings (SSSR count). The van der Waals surface area contributed by atoms with Crippen molar-refractivity contribution in [3.8, 4) is 23.0 Å². The monoisotopic (exact) mass is 1040 g/mol. The van der Waals surface area contributed by atoms with Gasteiger partial charge in [-0.25, -0.2) is 14.4 Å². The van der Waals surface area contributed by atoms with Crippen LogP contribution in [-0.4, -0.2) is 63.6 Å². The molecule has 0 aliphatic carbocycles. The zero-order valence-electron chi connectivity index (χ0n) is 33.1. The lowest BCUT2D eigenvalue weighted by Crippen LogP contribution is -2.44. The molecular weight excluding hydrogens is 1000 g/mol. The highest BCUT2D eigenvalue weighted by Gasteiger charge is 2.24. The molecule has 2 heterocycles. The van der Waals surface area contributed by atoms with Crippen LogP contribution in [0.2, 0.25) is 0 Å². The van der Waals surface area contributed by atoms with Gasteiger partial charge in [0, 0.05) is 6.92 Å². The van der Waals surface area contributed by atoms with Crippen LogP contribution in [0.3, 0.4) is 0 Å². The van der Waals surface area contributed by atoms with Crippen molar-refractivity contribution in [3.05, 3.63) is 180 Å². The Balaban J connectivity index is 0.000000228. The number of carbonyl (C=O) groups excluding carboxylic acids is 1. The van der Waals surface area contributed by atoms with Crippen molar-refractivity contribution >= 4 is 56.9 Å². The molecule has 15 nitrogen and oxygen atoms in total. The van der Waals surface area contributed by atoms with Crippen molar-refractivity contribution in [2.24, 2.45) is 0 Å². The Bertz CT molecular complexity index is 2550. The van der Waals surface area contributed by atoms with Crippen LogP contribution in [0.25, 0.3) is 0 Å². The van der Waals surface area contributed by atoms with E-state index in [1.54, 1.807) is 136 Å². The van der Waals surface area contributed by atoms with E-state index in [1.165, 1.54) is 11.5 Å². The fourth-order valence-electron chi connectivity index (χ4n) is 6.11. The van der Waals surface area contributed by atoms with Gasteiger partial charge in [0.15, 0.2) is 11.5 Å². The van der Waals surface area contributed by atoms with E-state index in [-0.39, 0.29) is 50.5 Å². The summed E-state index contributed by atoms with van der Waals surface area (Å²) in [7, 11) is 6.23. The highest BCUT2D eigenvalue weighted by molar-refractivity contribution is 14.1. The number of nitrogens with zero attached hydrogens (tertiary/aromatic N) is 4. The Morgan fingerprint density at radius 2 is 0.717 bits per heavy atom. The number of carbonyl (C=O) groups is 2. The van der Waals surface area contributed by atoms with E-state index in [9.17, 15) is 33.9 Å². The number of carboxylic acids is 1. The minimum absolute atomic E-state index is 0.00333. The third-order valence-electron chi connectivity index (χ3n) is 9.28. The number of halogens is 2. The SMILES string of the molecule is COc1ccc(Cn2c(C(=O)O)c(I)c(=O)n(Cc3ccc(OC)cc3)c2=O)cc1.COc1ccc(Cn2c(C(C)=O)c(I)c(=O)n(Cc3ccc(OC)cc3)c2=O)cc1. The van der Waals surface area contributed by atoms with Crippen LogP contribution < -0.4 is 41.4 Å². The molecule has 0 saturated carbocycles. The van der Waals surface area contributed by atoms with Gasteiger partial charge in [-0.05, 0) is 116 Å². The maximum atomic E-state index is 13.2. The molecule has 4 aromatic carbocycles. The number of methoxy groups -OCH3 is 4. The fourth-order valence-corrected chi connectivity index (χ4v) is 7.89. The zero-order chi connectivity index (χ0) is 43.7. The lowest BCUT2D eigenvalue weighted by Gasteiger charge is -2.16. The smallest absolute Gasteiger partial charge is 0.354 e. The molecule has 0 aliphatic heterocycles. The van der Waals surface area contributed by atoms with Gasteiger partial charge in [-0.3, -0.25) is 32.7 Å². The molecule has 312 valence electrons. The Morgan fingerprint density at radius 1 is 0.467 bits per heavy atom. The average Bonchev–Trinajstić information content (AvgIpc) is 3.25. The summed E-state index contributed by atoms with van der Waals surface area (Å²) in [5.74, 6) is 1.00. The molecule has 17 heteroatoms. The lowest BCUT2D eigenvalue weighted by molar-refractivity contribution is 0.0681. The van der Waals surface area contributed by atoms with Gasteiger partial charge >= 0.3 is 17.3 Å². The number of carboxylic acid groups (broad SMARTS) is 1. The molecule has 0 aliphatic rings. The van der Waals surface area contributed by atoms with Gasteiger partial charge in [0.05, 0.1) is 54.6 Å². The normalized spacial score (nSPS) is 10.7. The van der Waals surface area contributed by atoms with Crippen LogP contribution in [0.5, 0.6) is 23.0 Å². The number of aromatic nitrogens is 4. The second-order valence-corrected chi connectivity index (χ2v) is 15.3. The van der Waals surface area contributed by atoms with Gasteiger partial charge in [0.25, 0.3) is 11.1 Å². The first-order valence-electron chi connectivity index (χ1n) is 18.0. The molecule has 0 amide bonds. The zero-order valence-corrected chi connectivity index (χ0v) is 37.5. The fraction of sp³-hybridized carbons (Fsp3) is 0.209. The van der Waals surface area contributed by atoms with Gasteiger partial charge in [0.1, 0.15) is 35.8 Å². The molecule has 0 bridgehead atoms. The van der Waals surface area contributed by atoms with E-state index >= 15 is 0 Å². The van der Waals surface area contributed by atoms with Crippen LogP contribution >= 0.6 is 45.2 Å². The number of Topliss-reactive ketones (excluding diaryl/α,β-unsaturated/α-hetero) is 1. The number of ketones is 1. The molecule has 0 atom stereocenters. The van der Waals surface area contributed by atoms with Gasteiger partial charge in [0.2, 0.25) is 0 Å². The molecule has 60 heavy (non-hydrogen) atoms. The minimum atomic E-state index is -1.33. The summed E-state index contributed by atoms with van der Waals surface area (Å²) in [6, 6.07) is 28.2. The third kappa shape index (κ3) is 10.4. The second-order valence-electron chi connectivity index (χ2n) is 13.1. The van der Waals surface area contributed by atoms with Crippen molar-refractivity contribution in [2.75, 3.05) is 28.4 Å². The second kappa shape index (κ2) is 20.3. The Hall–Kier alpha value is -5.96. The summed E-state index contributed by atoms with van der Waals surface area (Å²) in [6.45, 7) is 1.63. The summed E-state index contributed by atoms with van der Waals surface area (Å²) in [6.07, 6.45) is 0. The van der Waals surface area contributed by atoms with E-state index in [4.69, 9.17) is 18.9 Å². The van der Waals surface area contributed by atoms with Gasteiger partial charge in [-0.15, -0.1) is 0 Å². The molecular formula is C43H40I2N4O11. The van der Waals surface area contributed by atoms with Crippen LogP contribution in [-0.2, 0) is 26.2 Å². The van der Waals surface area contributed by atoms with Gasteiger partial charge < -0.3 is 24.1 Å². The van der Waals surface area contributed by atoms with E-state index in [2.05, 4.69) is 0 Å². The largest absolute Gasteiger partial charge is 0.497 e. The Morgan fingerprint density at radius 3 is 0.967 bits per heavy atom. The van der Waals surface area contributed by atoms with E-state index in [0.717, 1.165) is 24.8 Å². The Labute approximate surface area is 370 Å². The molecule has 6 aromatic rings. The highest BCUT2D eigenvalue weighted by Crippen LogP contribution is 2.18. The van der Waals surface area contributed by atoms with E-state index in [1.807, 2.05) is 34.7 Å². The topological polar surface area (TPSA) is 179 Å². The molecule has 0 saturated heterocycles. The third-order valence-corrected chi connectivity index (χ3v) is 11.2. The number of benzene rings is 4. The summed E-state index contributed by atoms with van der Waals surface area (Å²) in [5.41, 5.74) is 0.452. The highest BCUT2D eigenvalue weighted by atomic mass is 127. The predicted molar refractivity (Wildman–Crippen MR) is 241 cm³/mol. The van der Waals surface area contributed by atoms with Crippen molar-refractivity contribution in [2.45, 2.75) is 33.1 Å². The summed E-state index contributed by atoms with van der Waals surface area (Å²) >= 11 is 3.52. The molecule has 2 aromatic heterocycles. The maximum Gasteiger partial charge on any atom is 0.354 e. The van der Waals surface area contributed by atoms with Crippen molar-refractivity contribution in [1.29, 1.82) is 0 Å². The van der Waals surface area contributed by atoms with Crippen molar-refractivity contribution < 1.29 is 33.6 Å². The summed E-state index contributed by atoms with van der Waals surface area (Å²) < 4.78 is 25.4. The molecule has 1 N–H and O–H groups in total.